The molecule has 1 atom stereocenters. The summed E-state index contributed by atoms with van der Waals surface area (Å²) in [6.07, 6.45) is 4.50. The normalized spacial score (nSPS) is 12.4. The minimum atomic E-state index is -0.423. The van der Waals surface area contributed by atoms with Gasteiger partial charge in [0.05, 0.1) is 24.8 Å². The van der Waals surface area contributed by atoms with Gasteiger partial charge in [-0.3, -0.25) is 0 Å². The SMILES string of the molecule is CNC(CN=C=O)C(CCCN=C=O)(NC)NC. The predicted octanol–water partition coefficient (Wildman–Crippen LogP) is -0.839. The van der Waals surface area contributed by atoms with E-state index in [4.69, 9.17) is 0 Å². The van der Waals surface area contributed by atoms with E-state index in [1.165, 1.54) is 12.2 Å². The summed E-state index contributed by atoms with van der Waals surface area (Å²) in [6, 6.07) is -0.0749. The Bertz CT molecular complexity index is 317. The number of rotatable bonds is 10. The summed E-state index contributed by atoms with van der Waals surface area (Å²) in [5, 5.41) is 9.51. The fourth-order valence-electron chi connectivity index (χ4n) is 2.00. The summed E-state index contributed by atoms with van der Waals surface area (Å²) in [6.45, 7) is 0.751. The molecule has 7 nitrogen and oxygen atoms in total. The van der Waals surface area contributed by atoms with Crippen molar-refractivity contribution in [2.24, 2.45) is 9.98 Å². The van der Waals surface area contributed by atoms with E-state index in [1.54, 1.807) is 7.05 Å². The van der Waals surface area contributed by atoms with Gasteiger partial charge in [0.15, 0.2) is 0 Å². The van der Waals surface area contributed by atoms with Crippen LogP contribution in [0.4, 0.5) is 0 Å². The largest absolute Gasteiger partial charge is 0.312 e. The summed E-state index contributed by atoms with van der Waals surface area (Å²) in [5.74, 6) is 0. The second kappa shape index (κ2) is 9.65. The van der Waals surface area contributed by atoms with E-state index in [0.717, 1.165) is 12.8 Å². The minimum absolute atomic E-state index is 0.0749. The Balaban J connectivity index is 4.72. The molecule has 0 aliphatic carbocycles. The highest BCUT2D eigenvalue weighted by atomic mass is 16.1. The molecule has 0 amide bonds. The molecule has 3 N–H and O–H groups in total. The fourth-order valence-corrected chi connectivity index (χ4v) is 2.00. The van der Waals surface area contributed by atoms with Gasteiger partial charge >= 0.3 is 0 Å². The maximum absolute atomic E-state index is 10.2. The standard InChI is InChI=1S/C11H21N5O2/c1-12-10(7-16-9-18)11(13-2,14-3)5-4-6-15-8-17/h10,12-14H,4-7H2,1-3H3. The zero-order chi connectivity index (χ0) is 13.9. The second-order valence-electron chi connectivity index (χ2n) is 3.82. The van der Waals surface area contributed by atoms with Crippen molar-refractivity contribution in [3.63, 3.8) is 0 Å². The first-order valence-corrected chi connectivity index (χ1v) is 5.83. The molecule has 0 fully saturated rings. The van der Waals surface area contributed by atoms with E-state index < -0.39 is 5.66 Å². The number of aliphatic imine (C=N–C) groups is 2. The van der Waals surface area contributed by atoms with E-state index >= 15 is 0 Å². The summed E-state index contributed by atoms with van der Waals surface area (Å²) in [7, 11) is 5.46. The lowest BCUT2D eigenvalue weighted by molar-refractivity contribution is 0.198. The molecule has 18 heavy (non-hydrogen) atoms. The molecule has 0 bridgehead atoms. The molecule has 0 spiro atoms. The van der Waals surface area contributed by atoms with Gasteiger partial charge in [-0.2, -0.15) is 0 Å². The first-order chi connectivity index (χ1) is 8.70. The highest BCUT2D eigenvalue weighted by Crippen LogP contribution is 2.14. The number of hydrogen-bond donors (Lipinski definition) is 3. The van der Waals surface area contributed by atoms with Crippen molar-refractivity contribution in [2.75, 3.05) is 34.2 Å². The van der Waals surface area contributed by atoms with Crippen molar-refractivity contribution in [3.8, 4) is 0 Å². The first-order valence-electron chi connectivity index (χ1n) is 5.83. The third-order valence-corrected chi connectivity index (χ3v) is 3.08. The first kappa shape index (κ1) is 16.6. The van der Waals surface area contributed by atoms with E-state index in [9.17, 15) is 9.59 Å². The van der Waals surface area contributed by atoms with Gasteiger partial charge in [-0.15, -0.1) is 0 Å². The third-order valence-electron chi connectivity index (χ3n) is 3.08. The lowest BCUT2D eigenvalue weighted by Gasteiger charge is -2.39. The quantitative estimate of drug-likeness (QED) is 0.205. The number of likely N-dealkylation sites (N-methyl/N-ethyl adjacent to an activating group) is 3. The van der Waals surface area contributed by atoms with Gasteiger partial charge in [0.1, 0.15) is 0 Å². The van der Waals surface area contributed by atoms with E-state index in [1.807, 2.05) is 14.1 Å². The van der Waals surface area contributed by atoms with Crippen LogP contribution < -0.4 is 16.0 Å². The molecule has 7 heteroatoms. The summed E-state index contributed by atoms with van der Waals surface area (Å²) >= 11 is 0. The van der Waals surface area contributed by atoms with Gasteiger partial charge in [-0.1, -0.05) is 0 Å². The Morgan fingerprint density at radius 2 is 1.72 bits per heavy atom. The van der Waals surface area contributed by atoms with Gasteiger partial charge in [-0.05, 0) is 34.0 Å². The molecule has 0 heterocycles. The number of hydrogen-bond acceptors (Lipinski definition) is 7. The Morgan fingerprint density at radius 3 is 2.17 bits per heavy atom. The molecule has 0 aromatic heterocycles. The van der Waals surface area contributed by atoms with Crippen LogP contribution in [0.3, 0.4) is 0 Å². The van der Waals surface area contributed by atoms with Gasteiger partial charge in [0, 0.05) is 0 Å². The van der Waals surface area contributed by atoms with Crippen molar-refractivity contribution < 1.29 is 9.59 Å². The molecule has 0 aliphatic rings. The van der Waals surface area contributed by atoms with Gasteiger partial charge in [-0.25, -0.2) is 19.6 Å². The Kier molecular flexibility index (Phi) is 8.92. The molecule has 0 aliphatic heterocycles. The van der Waals surface area contributed by atoms with E-state index in [-0.39, 0.29) is 6.04 Å². The van der Waals surface area contributed by atoms with Crippen LogP contribution in [0, 0.1) is 0 Å². The minimum Gasteiger partial charge on any atom is -0.312 e. The maximum atomic E-state index is 10.2. The number of nitrogens with one attached hydrogen (secondary N) is 3. The summed E-state index contributed by atoms with van der Waals surface area (Å²) < 4.78 is 0. The molecule has 102 valence electrons. The molecular formula is C11H21N5O2. The predicted molar refractivity (Wildman–Crippen MR) is 68.9 cm³/mol. The molecule has 0 aromatic carbocycles. The van der Waals surface area contributed by atoms with Crippen LogP contribution in [0.2, 0.25) is 0 Å². The second-order valence-corrected chi connectivity index (χ2v) is 3.82. The number of carbonyl (C=O) groups excluding carboxylic acids is 2. The van der Waals surface area contributed by atoms with Crippen molar-refractivity contribution >= 4 is 12.2 Å². The number of nitrogens with zero attached hydrogens (tertiary/aromatic N) is 2. The average Bonchev–Trinajstić information content (AvgIpc) is 2.42. The maximum Gasteiger partial charge on any atom is 0.234 e. The molecule has 1 unspecified atom stereocenters. The zero-order valence-electron chi connectivity index (χ0n) is 11.1. The molecule has 0 aromatic rings. The van der Waals surface area contributed by atoms with Crippen molar-refractivity contribution in [2.45, 2.75) is 24.5 Å². The molecule has 0 saturated heterocycles. The Morgan fingerprint density at radius 1 is 1.11 bits per heavy atom. The number of isocyanates is 2. The van der Waals surface area contributed by atoms with Gasteiger partial charge in [0.25, 0.3) is 0 Å². The van der Waals surface area contributed by atoms with E-state index in [2.05, 4.69) is 25.9 Å². The molecule has 0 rings (SSSR count). The van der Waals surface area contributed by atoms with Gasteiger partial charge in [0.2, 0.25) is 12.2 Å². The van der Waals surface area contributed by atoms with E-state index in [0.29, 0.717) is 13.1 Å². The zero-order valence-corrected chi connectivity index (χ0v) is 11.1. The van der Waals surface area contributed by atoms with Crippen LogP contribution in [0.5, 0.6) is 0 Å². The van der Waals surface area contributed by atoms with Gasteiger partial charge < -0.3 is 16.0 Å². The smallest absolute Gasteiger partial charge is 0.234 e. The lowest BCUT2D eigenvalue weighted by atomic mass is 9.94. The Hall–Kier alpha value is -1.36. The van der Waals surface area contributed by atoms with Crippen LogP contribution in [0.1, 0.15) is 12.8 Å². The fraction of sp³-hybridized carbons (Fsp3) is 0.818. The summed E-state index contributed by atoms with van der Waals surface area (Å²) in [4.78, 5) is 27.4. The van der Waals surface area contributed by atoms with Crippen LogP contribution in [0.25, 0.3) is 0 Å². The van der Waals surface area contributed by atoms with Crippen molar-refractivity contribution in [3.05, 3.63) is 0 Å². The topological polar surface area (TPSA) is 95.0 Å². The molecule has 0 saturated carbocycles. The highest BCUT2D eigenvalue weighted by molar-refractivity contribution is 5.33. The van der Waals surface area contributed by atoms with Crippen LogP contribution in [-0.2, 0) is 9.59 Å². The van der Waals surface area contributed by atoms with Crippen LogP contribution in [-0.4, -0.2) is 58.1 Å². The highest BCUT2D eigenvalue weighted by Gasteiger charge is 2.34. The third kappa shape index (κ3) is 4.87. The average molecular weight is 255 g/mol. The Labute approximate surface area is 107 Å². The monoisotopic (exact) mass is 255 g/mol. The van der Waals surface area contributed by atoms with Crippen LogP contribution >= 0.6 is 0 Å². The van der Waals surface area contributed by atoms with Crippen molar-refractivity contribution in [1.29, 1.82) is 0 Å². The van der Waals surface area contributed by atoms with Crippen molar-refractivity contribution in [1.82, 2.24) is 16.0 Å². The molecular weight excluding hydrogens is 234 g/mol. The summed E-state index contributed by atoms with van der Waals surface area (Å²) in [5.41, 5.74) is -0.423. The lowest BCUT2D eigenvalue weighted by Crippen LogP contribution is -2.66. The van der Waals surface area contributed by atoms with Crippen LogP contribution in [0.15, 0.2) is 9.98 Å². The molecule has 0 radical (unpaired) electrons.